The number of allylic oxidation sites excluding steroid dienone is 8. The van der Waals surface area contributed by atoms with Gasteiger partial charge in [-0.25, -0.2) is 0 Å². The molecule has 0 heterocycles. The van der Waals surface area contributed by atoms with Gasteiger partial charge in [0.1, 0.15) is 4.90 Å². The highest BCUT2D eigenvalue weighted by Gasteiger charge is 2.25. The van der Waals surface area contributed by atoms with Gasteiger partial charge < -0.3 is 0 Å². The molecule has 7 nitrogen and oxygen atoms in total. The molecule has 0 saturated heterocycles. The van der Waals surface area contributed by atoms with Crippen LogP contribution in [0.1, 0.15) is 11.1 Å². The third-order valence-corrected chi connectivity index (χ3v) is 4.66. The SMILES string of the molecule is O=C1C=CC(=O)C(c2ccc(C3=CC(=O)C=CC3=O)c(S(=O)(=O)O)c2)=C1. The number of benzene rings is 1. The van der Waals surface area contributed by atoms with Gasteiger partial charge in [0.2, 0.25) is 0 Å². The molecule has 0 unspecified atom stereocenters. The predicted octanol–water partition coefficient (Wildman–Crippen LogP) is 1.12. The van der Waals surface area contributed by atoms with Crippen LogP contribution < -0.4 is 0 Å². The van der Waals surface area contributed by atoms with E-state index in [2.05, 4.69) is 0 Å². The van der Waals surface area contributed by atoms with Gasteiger partial charge in [0, 0.05) is 16.7 Å². The Morgan fingerprint density at radius 3 is 1.85 bits per heavy atom. The molecule has 1 aromatic carbocycles. The molecule has 0 amide bonds. The minimum Gasteiger partial charge on any atom is -0.290 e. The lowest BCUT2D eigenvalue weighted by Gasteiger charge is -2.14. The number of hydrogen-bond acceptors (Lipinski definition) is 6. The molecule has 130 valence electrons. The molecule has 0 aliphatic heterocycles. The van der Waals surface area contributed by atoms with Crippen molar-refractivity contribution in [3.63, 3.8) is 0 Å². The fourth-order valence-corrected chi connectivity index (χ4v) is 3.31. The zero-order chi connectivity index (χ0) is 19.1. The standard InChI is InChI=1S/C18H10O7S/c19-11-2-5-16(21)14(8-11)10-1-4-13(18(7-10)26(23,24)25)15-9-12(20)3-6-17(15)22/h1-9H,(H,23,24,25). The highest BCUT2D eigenvalue weighted by Crippen LogP contribution is 2.30. The summed E-state index contributed by atoms with van der Waals surface area (Å²) >= 11 is 0. The molecule has 0 radical (unpaired) electrons. The lowest BCUT2D eigenvalue weighted by atomic mass is 9.92. The zero-order valence-corrected chi connectivity index (χ0v) is 13.8. The van der Waals surface area contributed by atoms with Gasteiger partial charge in [-0.05, 0) is 48.1 Å². The van der Waals surface area contributed by atoms with Gasteiger partial charge in [-0.1, -0.05) is 12.1 Å². The molecule has 8 heteroatoms. The van der Waals surface area contributed by atoms with Crippen molar-refractivity contribution in [2.45, 2.75) is 4.90 Å². The highest BCUT2D eigenvalue weighted by molar-refractivity contribution is 7.86. The van der Waals surface area contributed by atoms with Crippen molar-refractivity contribution in [3.05, 3.63) is 65.8 Å². The van der Waals surface area contributed by atoms with E-state index >= 15 is 0 Å². The quantitative estimate of drug-likeness (QED) is 0.625. The lowest BCUT2D eigenvalue weighted by molar-refractivity contribution is -0.113. The first kappa shape index (κ1) is 17.6. The topological polar surface area (TPSA) is 123 Å². The second kappa shape index (κ2) is 6.25. The number of carbonyl (C=O) groups is 4. The molecule has 0 bridgehead atoms. The third kappa shape index (κ3) is 3.28. The van der Waals surface area contributed by atoms with E-state index in [1.165, 1.54) is 12.1 Å². The van der Waals surface area contributed by atoms with E-state index in [1.54, 1.807) is 0 Å². The van der Waals surface area contributed by atoms with Crippen LogP contribution >= 0.6 is 0 Å². The first-order valence-electron chi connectivity index (χ1n) is 7.25. The number of hydrogen-bond donors (Lipinski definition) is 1. The number of carbonyl (C=O) groups excluding carboxylic acids is 4. The summed E-state index contributed by atoms with van der Waals surface area (Å²) in [6.07, 6.45) is 6.17. The van der Waals surface area contributed by atoms with E-state index in [-0.39, 0.29) is 22.3 Å². The fourth-order valence-electron chi connectivity index (χ4n) is 2.58. The molecule has 0 atom stereocenters. The average Bonchev–Trinajstić information content (AvgIpc) is 2.58. The molecule has 0 fully saturated rings. The van der Waals surface area contributed by atoms with Gasteiger partial charge >= 0.3 is 0 Å². The summed E-state index contributed by atoms with van der Waals surface area (Å²) < 4.78 is 33.1. The molecule has 0 spiro atoms. The van der Waals surface area contributed by atoms with Crippen molar-refractivity contribution in [1.29, 1.82) is 0 Å². The van der Waals surface area contributed by atoms with E-state index in [0.717, 1.165) is 42.5 Å². The Morgan fingerprint density at radius 2 is 1.27 bits per heavy atom. The maximum atomic E-state index is 12.0. The maximum absolute atomic E-state index is 12.0. The maximum Gasteiger partial charge on any atom is 0.295 e. The van der Waals surface area contributed by atoms with Crippen molar-refractivity contribution in [2.24, 2.45) is 0 Å². The summed E-state index contributed by atoms with van der Waals surface area (Å²) in [6, 6.07) is 3.51. The number of rotatable bonds is 3. The predicted molar refractivity (Wildman–Crippen MR) is 90.5 cm³/mol. The molecule has 2 aliphatic carbocycles. The molecule has 3 rings (SSSR count). The summed E-state index contributed by atoms with van der Waals surface area (Å²) in [6.45, 7) is 0. The summed E-state index contributed by atoms with van der Waals surface area (Å²) in [5.41, 5.74) is -0.343. The second-order valence-corrected chi connectivity index (χ2v) is 6.89. The van der Waals surface area contributed by atoms with Crippen molar-refractivity contribution in [1.82, 2.24) is 0 Å². The Morgan fingerprint density at radius 1 is 0.731 bits per heavy atom. The van der Waals surface area contributed by atoms with Gasteiger partial charge in [0.05, 0.1) is 0 Å². The summed E-state index contributed by atoms with van der Waals surface area (Å²) in [7, 11) is -4.79. The van der Waals surface area contributed by atoms with Crippen LogP contribution in [0, 0.1) is 0 Å². The van der Waals surface area contributed by atoms with E-state index in [0.29, 0.717) is 0 Å². The minimum absolute atomic E-state index is 0.0473. The van der Waals surface area contributed by atoms with Crippen LogP contribution in [0.5, 0.6) is 0 Å². The van der Waals surface area contributed by atoms with Gasteiger partial charge in [-0.15, -0.1) is 0 Å². The van der Waals surface area contributed by atoms with Crippen LogP contribution in [0.15, 0.2) is 59.6 Å². The first-order chi connectivity index (χ1) is 12.2. The molecule has 26 heavy (non-hydrogen) atoms. The van der Waals surface area contributed by atoms with Crippen LogP contribution in [0.3, 0.4) is 0 Å². The Hall–Kier alpha value is -3.23. The first-order valence-corrected chi connectivity index (χ1v) is 8.69. The molecular weight excluding hydrogens is 360 g/mol. The van der Waals surface area contributed by atoms with E-state index < -0.39 is 38.1 Å². The lowest BCUT2D eigenvalue weighted by Crippen LogP contribution is -2.12. The van der Waals surface area contributed by atoms with Crippen LogP contribution in [0.2, 0.25) is 0 Å². The summed E-state index contributed by atoms with van der Waals surface area (Å²) in [4.78, 5) is 46.3. The van der Waals surface area contributed by atoms with E-state index in [9.17, 15) is 32.1 Å². The fraction of sp³-hybridized carbons (Fsp3) is 0. The van der Waals surface area contributed by atoms with Gasteiger partial charge in [-0.3, -0.25) is 23.7 Å². The second-order valence-electron chi connectivity index (χ2n) is 5.50. The smallest absolute Gasteiger partial charge is 0.290 e. The molecular formula is C18H10O7S. The molecule has 1 N–H and O–H groups in total. The van der Waals surface area contributed by atoms with Crippen molar-refractivity contribution in [2.75, 3.05) is 0 Å². The Bertz CT molecular complexity index is 1110. The van der Waals surface area contributed by atoms with Gasteiger partial charge in [-0.2, -0.15) is 8.42 Å². The summed E-state index contributed by atoms with van der Waals surface area (Å²) in [5.74, 6) is -2.07. The van der Waals surface area contributed by atoms with E-state index in [1.807, 2.05) is 0 Å². The Labute approximate surface area is 147 Å². The summed E-state index contributed by atoms with van der Waals surface area (Å²) in [5, 5.41) is 0. The average molecular weight is 370 g/mol. The third-order valence-electron chi connectivity index (χ3n) is 3.76. The minimum atomic E-state index is -4.79. The Balaban J connectivity index is 2.21. The van der Waals surface area contributed by atoms with Crippen molar-refractivity contribution >= 4 is 44.4 Å². The zero-order valence-electron chi connectivity index (χ0n) is 13.0. The number of ketones is 4. The van der Waals surface area contributed by atoms with Crippen LogP contribution in [0.4, 0.5) is 0 Å². The Kier molecular flexibility index (Phi) is 4.23. The largest absolute Gasteiger partial charge is 0.295 e. The van der Waals surface area contributed by atoms with Crippen LogP contribution in [0.25, 0.3) is 11.1 Å². The van der Waals surface area contributed by atoms with Gasteiger partial charge in [0.25, 0.3) is 10.1 Å². The van der Waals surface area contributed by atoms with Crippen LogP contribution in [-0.4, -0.2) is 36.1 Å². The van der Waals surface area contributed by atoms with Crippen molar-refractivity contribution < 1.29 is 32.1 Å². The van der Waals surface area contributed by atoms with E-state index in [4.69, 9.17) is 0 Å². The normalized spacial score (nSPS) is 17.4. The highest BCUT2D eigenvalue weighted by atomic mass is 32.2. The molecule has 1 aromatic rings. The molecule has 2 aliphatic rings. The monoisotopic (exact) mass is 370 g/mol. The molecule has 0 saturated carbocycles. The van der Waals surface area contributed by atoms with Crippen LogP contribution in [-0.2, 0) is 29.3 Å². The van der Waals surface area contributed by atoms with Crippen molar-refractivity contribution in [3.8, 4) is 0 Å². The molecule has 0 aromatic heterocycles. The van der Waals surface area contributed by atoms with Gasteiger partial charge in [0.15, 0.2) is 23.1 Å².